The van der Waals surface area contributed by atoms with Crippen molar-refractivity contribution in [2.75, 3.05) is 56.0 Å². The molecule has 5 rings (SSSR count). The van der Waals surface area contributed by atoms with E-state index in [-0.39, 0.29) is 18.6 Å². The second kappa shape index (κ2) is 15.4. The van der Waals surface area contributed by atoms with Crippen molar-refractivity contribution >= 4 is 21.2 Å². The average Bonchev–Trinajstić information content (AvgIpc) is 3.05. The smallest absolute Gasteiger partial charge is 0.455 e. The molecule has 2 heterocycles. The molecule has 3 atom stereocenters. The van der Waals surface area contributed by atoms with E-state index in [1.807, 2.05) is 55.5 Å². The highest BCUT2D eigenvalue weighted by Gasteiger charge is 2.51. The zero-order valence-electron chi connectivity index (χ0n) is 26.3. The van der Waals surface area contributed by atoms with Gasteiger partial charge in [0.2, 0.25) is 0 Å². The number of para-hydroxylation sites is 1. The molecule has 0 aromatic heterocycles. The molecule has 2 aromatic carbocycles. The third-order valence-corrected chi connectivity index (χ3v) is 10.8. The van der Waals surface area contributed by atoms with E-state index in [1.165, 1.54) is 6.08 Å². The number of anilines is 2. The quantitative estimate of drug-likeness (QED) is 0.253. The standard InChI is InChI=1S/C33H46F3N5O4S/c1-2-24(12-17-40-18-13-27(42)14-19-40)38-30-10-8-25(22-32(30)46(43,44)33(34,35)36)39-29-11-9-26(41-20-15-37-16-21-41)23-31(29)45-28-6-4-3-5-7-28/h3-7,9,11,22-25,27,30,37-39,42H,2,8,10,12-21H2,1H3/t24-,25?,30?/m0/s1. The maximum atomic E-state index is 14.0. The summed E-state index contributed by atoms with van der Waals surface area (Å²) in [4.78, 5) is 3.84. The molecule has 2 unspecified atom stereocenters. The largest absolute Gasteiger partial charge is 0.501 e. The highest BCUT2D eigenvalue weighted by Crippen LogP contribution is 2.38. The molecule has 0 amide bonds. The van der Waals surface area contributed by atoms with Crippen LogP contribution in [-0.2, 0) is 9.84 Å². The molecule has 0 bridgehead atoms. The predicted octanol–water partition coefficient (Wildman–Crippen LogP) is 4.86. The SMILES string of the molecule is CC[C@@H](CCN1CCC(O)CC1)NC1CCC(Nc2ccc(N3CCNCC3)cc2Oc2ccccc2)C=C1S(=O)(=O)C(F)(F)F. The molecule has 2 saturated heterocycles. The fraction of sp³-hybridized carbons (Fsp3) is 0.576. The number of ether oxygens (including phenoxy) is 1. The second-order valence-electron chi connectivity index (χ2n) is 12.4. The van der Waals surface area contributed by atoms with E-state index in [4.69, 9.17) is 4.74 Å². The van der Waals surface area contributed by atoms with Crippen LogP contribution >= 0.6 is 0 Å². The van der Waals surface area contributed by atoms with Crippen molar-refractivity contribution in [1.82, 2.24) is 15.5 Å². The topological polar surface area (TPSA) is 106 Å². The molecular formula is C33H46F3N5O4S. The molecule has 0 saturated carbocycles. The molecule has 254 valence electrons. The molecule has 13 heteroatoms. The number of hydrogen-bond donors (Lipinski definition) is 4. The summed E-state index contributed by atoms with van der Waals surface area (Å²) in [6.45, 7) is 7.59. The number of alkyl halides is 3. The fourth-order valence-electron chi connectivity index (χ4n) is 6.40. The van der Waals surface area contributed by atoms with E-state index < -0.39 is 32.3 Å². The van der Waals surface area contributed by atoms with Crippen LogP contribution in [0.25, 0.3) is 0 Å². The lowest BCUT2D eigenvalue weighted by Crippen LogP contribution is -2.47. The van der Waals surface area contributed by atoms with Gasteiger partial charge in [0.1, 0.15) is 5.75 Å². The van der Waals surface area contributed by atoms with Gasteiger partial charge in [-0.15, -0.1) is 0 Å². The maximum absolute atomic E-state index is 14.0. The Morgan fingerprint density at radius 2 is 1.74 bits per heavy atom. The molecule has 1 aliphatic carbocycles. The van der Waals surface area contributed by atoms with E-state index in [0.29, 0.717) is 49.3 Å². The van der Waals surface area contributed by atoms with Crippen LogP contribution in [0.5, 0.6) is 11.5 Å². The molecule has 2 aromatic rings. The Bertz CT molecular complexity index is 1410. The van der Waals surface area contributed by atoms with Crippen molar-refractivity contribution in [2.45, 2.75) is 75.2 Å². The highest BCUT2D eigenvalue weighted by molar-refractivity contribution is 7.96. The van der Waals surface area contributed by atoms with Gasteiger partial charge in [-0.25, -0.2) is 8.42 Å². The monoisotopic (exact) mass is 665 g/mol. The number of hydrogen-bond acceptors (Lipinski definition) is 9. The molecule has 2 fully saturated rings. The fourth-order valence-corrected chi connectivity index (χ4v) is 7.57. The first kappa shape index (κ1) is 34.5. The van der Waals surface area contributed by atoms with E-state index in [2.05, 4.69) is 25.8 Å². The Hall–Kier alpha value is -2.84. The Kier molecular flexibility index (Phi) is 11.5. The lowest BCUT2D eigenvalue weighted by atomic mass is 9.96. The molecule has 4 N–H and O–H groups in total. The van der Waals surface area contributed by atoms with Crippen molar-refractivity contribution in [3.8, 4) is 11.5 Å². The third-order valence-electron chi connectivity index (χ3n) is 9.13. The number of halogens is 3. The van der Waals surface area contributed by atoms with Gasteiger partial charge in [0.15, 0.2) is 5.75 Å². The van der Waals surface area contributed by atoms with Gasteiger partial charge in [-0.3, -0.25) is 0 Å². The van der Waals surface area contributed by atoms with E-state index in [1.54, 1.807) is 0 Å². The minimum atomic E-state index is -5.57. The second-order valence-corrected chi connectivity index (χ2v) is 14.3. The van der Waals surface area contributed by atoms with Crippen LogP contribution < -0.4 is 25.6 Å². The van der Waals surface area contributed by atoms with Crippen LogP contribution in [0.3, 0.4) is 0 Å². The molecule has 9 nitrogen and oxygen atoms in total. The Labute approximate surface area is 270 Å². The summed E-state index contributed by atoms with van der Waals surface area (Å²) < 4.78 is 74.0. The normalized spacial score (nSPS) is 22.7. The minimum Gasteiger partial charge on any atom is -0.455 e. The lowest BCUT2D eigenvalue weighted by Gasteiger charge is -2.35. The molecule has 3 aliphatic rings. The van der Waals surface area contributed by atoms with Gasteiger partial charge in [0.25, 0.3) is 9.84 Å². The number of aliphatic hydroxyl groups excluding tert-OH is 1. The van der Waals surface area contributed by atoms with Gasteiger partial charge in [-0.05, 0) is 75.4 Å². The Morgan fingerprint density at radius 1 is 1.02 bits per heavy atom. The molecule has 0 spiro atoms. The van der Waals surface area contributed by atoms with Gasteiger partial charge in [-0.1, -0.05) is 25.1 Å². The first-order chi connectivity index (χ1) is 22.0. The van der Waals surface area contributed by atoms with Crippen LogP contribution in [0.4, 0.5) is 24.5 Å². The first-order valence-corrected chi connectivity index (χ1v) is 17.8. The van der Waals surface area contributed by atoms with Gasteiger partial charge in [0.05, 0.1) is 16.7 Å². The van der Waals surface area contributed by atoms with Gasteiger partial charge in [-0.2, -0.15) is 13.2 Å². The van der Waals surface area contributed by atoms with Gasteiger partial charge < -0.3 is 35.6 Å². The first-order valence-electron chi connectivity index (χ1n) is 16.3. The van der Waals surface area contributed by atoms with Gasteiger partial charge in [0, 0.05) is 69.1 Å². The molecular weight excluding hydrogens is 619 g/mol. The van der Waals surface area contributed by atoms with E-state index in [9.17, 15) is 26.7 Å². The summed E-state index contributed by atoms with van der Waals surface area (Å²) in [7, 11) is -5.57. The number of nitrogens with zero attached hydrogens (tertiary/aromatic N) is 2. The van der Waals surface area contributed by atoms with Crippen molar-refractivity contribution < 1.29 is 31.4 Å². The predicted molar refractivity (Wildman–Crippen MR) is 175 cm³/mol. The van der Waals surface area contributed by atoms with Crippen LogP contribution in [0, 0.1) is 0 Å². The summed E-state index contributed by atoms with van der Waals surface area (Å²) >= 11 is 0. The summed E-state index contributed by atoms with van der Waals surface area (Å²) in [6.07, 6.45) is 4.32. The van der Waals surface area contributed by atoms with Crippen LogP contribution in [-0.4, -0.2) is 94.0 Å². The highest BCUT2D eigenvalue weighted by atomic mass is 32.2. The van der Waals surface area contributed by atoms with Crippen molar-refractivity contribution in [3.63, 3.8) is 0 Å². The molecule has 46 heavy (non-hydrogen) atoms. The number of likely N-dealkylation sites (tertiary alicyclic amines) is 1. The summed E-state index contributed by atoms with van der Waals surface area (Å²) in [5, 5.41) is 19.7. The average molecular weight is 666 g/mol. The van der Waals surface area contributed by atoms with Crippen molar-refractivity contribution in [1.29, 1.82) is 0 Å². The Morgan fingerprint density at radius 3 is 2.41 bits per heavy atom. The number of benzene rings is 2. The van der Waals surface area contributed by atoms with Crippen LogP contribution in [0.2, 0.25) is 0 Å². The van der Waals surface area contributed by atoms with Crippen molar-refractivity contribution in [2.24, 2.45) is 0 Å². The molecule has 2 aliphatic heterocycles. The number of piperazine rings is 1. The zero-order valence-corrected chi connectivity index (χ0v) is 27.1. The van der Waals surface area contributed by atoms with Crippen LogP contribution in [0.15, 0.2) is 59.5 Å². The minimum absolute atomic E-state index is 0.156. The number of sulfone groups is 1. The number of piperidine rings is 1. The number of nitrogens with one attached hydrogen (secondary N) is 3. The zero-order chi connectivity index (χ0) is 32.7. The third kappa shape index (κ3) is 8.74. The summed E-state index contributed by atoms with van der Waals surface area (Å²) in [5.41, 5.74) is -3.88. The van der Waals surface area contributed by atoms with Crippen molar-refractivity contribution in [3.05, 3.63) is 59.5 Å². The van der Waals surface area contributed by atoms with Crippen LogP contribution in [0.1, 0.15) is 45.4 Å². The maximum Gasteiger partial charge on any atom is 0.501 e. The number of rotatable bonds is 12. The molecule has 0 radical (unpaired) electrons. The van der Waals surface area contributed by atoms with E-state index >= 15 is 0 Å². The van der Waals surface area contributed by atoms with Gasteiger partial charge >= 0.3 is 5.51 Å². The number of aliphatic hydroxyl groups is 1. The lowest BCUT2D eigenvalue weighted by molar-refractivity contribution is -0.0429. The van der Waals surface area contributed by atoms with E-state index in [0.717, 1.165) is 51.5 Å². The summed E-state index contributed by atoms with van der Waals surface area (Å²) in [6, 6.07) is 13.2. The Balaban J connectivity index is 1.36. The summed E-state index contributed by atoms with van der Waals surface area (Å²) in [5.74, 6) is 1.12.